The van der Waals surface area contributed by atoms with Crippen LogP contribution in [0, 0.1) is 12.8 Å². The molecule has 0 bridgehead atoms. The molecule has 2 heterocycles. The van der Waals surface area contributed by atoms with Crippen LogP contribution in [-0.2, 0) is 0 Å². The molecule has 0 spiro atoms. The molecular formula is C15H27N3S. The first-order valence-corrected chi connectivity index (χ1v) is 8.31. The van der Waals surface area contributed by atoms with Crippen LogP contribution in [0.15, 0.2) is 5.38 Å². The van der Waals surface area contributed by atoms with Crippen molar-refractivity contribution in [3.8, 4) is 0 Å². The maximum atomic E-state index is 4.75. The van der Waals surface area contributed by atoms with Gasteiger partial charge in [0.15, 0.2) is 0 Å². The Kier molecular flexibility index (Phi) is 5.37. The Labute approximate surface area is 121 Å². The predicted octanol–water partition coefficient (Wildman–Crippen LogP) is 3.22. The third-order valence-corrected chi connectivity index (χ3v) is 4.78. The molecule has 2 atom stereocenters. The van der Waals surface area contributed by atoms with E-state index in [4.69, 9.17) is 4.98 Å². The van der Waals surface area contributed by atoms with Crippen molar-refractivity contribution in [1.29, 1.82) is 0 Å². The van der Waals surface area contributed by atoms with E-state index in [-0.39, 0.29) is 0 Å². The van der Waals surface area contributed by atoms with Gasteiger partial charge in [0.05, 0.1) is 16.7 Å². The summed E-state index contributed by atoms with van der Waals surface area (Å²) in [6, 6.07) is 1.05. The average Bonchev–Trinajstić information content (AvgIpc) is 2.67. The van der Waals surface area contributed by atoms with Crippen LogP contribution < -0.4 is 5.32 Å². The second kappa shape index (κ2) is 6.82. The summed E-state index contributed by atoms with van der Waals surface area (Å²) in [5.41, 5.74) is 1.28. The molecule has 1 N–H and O–H groups in total. The standard InChI is InChI=1S/C15H27N3S/c1-11(2)16-9-13-7-5-6-8-18(4)15(13)14-10-19-12(3)17-14/h10-11,13,15-16H,5-9H2,1-4H3. The molecule has 2 unspecified atom stereocenters. The molecule has 0 aliphatic carbocycles. The number of likely N-dealkylation sites (tertiary alicyclic amines) is 1. The third kappa shape index (κ3) is 4.01. The first kappa shape index (κ1) is 14.9. The number of hydrogen-bond acceptors (Lipinski definition) is 4. The summed E-state index contributed by atoms with van der Waals surface area (Å²) < 4.78 is 0. The van der Waals surface area contributed by atoms with Crippen molar-refractivity contribution < 1.29 is 0 Å². The molecule has 0 aromatic carbocycles. The van der Waals surface area contributed by atoms with E-state index in [2.05, 4.69) is 43.4 Å². The van der Waals surface area contributed by atoms with E-state index in [0.29, 0.717) is 18.0 Å². The molecule has 0 amide bonds. The number of aryl methyl sites for hydroxylation is 1. The summed E-state index contributed by atoms with van der Waals surface area (Å²) in [7, 11) is 2.26. The number of hydrogen-bond donors (Lipinski definition) is 1. The quantitative estimate of drug-likeness (QED) is 0.918. The number of nitrogens with zero attached hydrogens (tertiary/aromatic N) is 2. The van der Waals surface area contributed by atoms with Gasteiger partial charge in [-0.05, 0) is 39.3 Å². The van der Waals surface area contributed by atoms with Crippen molar-refractivity contribution in [3.05, 3.63) is 16.1 Å². The number of thiazole rings is 1. The lowest BCUT2D eigenvalue weighted by Crippen LogP contribution is -2.37. The van der Waals surface area contributed by atoms with Gasteiger partial charge in [-0.25, -0.2) is 4.98 Å². The van der Waals surface area contributed by atoms with E-state index >= 15 is 0 Å². The van der Waals surface area contributed by atoms with E-state index in [1.165, 1.54) is 36.5 Å². The fourth-order valence-corrected chi connectivity index (χ4v) is 3.65. The van der Waals surface area contributed by atoms with Gasteiger partial charge in [0.2, 0.25) is 0 Å². The highest BCUT2D eigenvalue weighted by molar-refractivity contribution is 7.09. The molecule has 1 fully saturated rings. The van der Waals surface area contributed by atoms with Gasteiger partial charge in [0, 0.05) is 18.0 Å². The molecule has 1 aromatic heterocycles. The first-order valence-electron chi connectivity index (χ1n) is 7.43. The molecule has 19 heavy (non-hydrogen) atoms. The topological polar surface area (TPSA) is 28.2 Å². The van der Waals surface area contributed by atoms with E-state index in [0.717, 1.165) is 6.54 Å². The Morgan fingerprint density at radius 1 is 1.47 bits per heavy atom. The first-order chi connectivity index (χ1) is 9.08. The summed E-state index contributed by atoms with van der Waals surface area (Å²) in [5.74, 6) is 0.677. The Balaban J connectivity index is 2.15. The van der Waals surface area contributed by atoms with Gasteiger partial charge in [0.25, 0.3) is 0 Å². The van der Waals surface area contributed by atoms with E-state index < -0.39 is 0 Å². The molecule has 0 saturated carbocycles. The fourth-order valence-electron chi connectivity index (χ4n) is 3.01. The summed E-state index contributed by atoms with van der Waals surface area (Å²) in [6.07, 6.45) is 3.97. The Hall–Kier alpha value is -0.450. The maximum Gasteiger partial charge on any atom is 0.0898 e. The fraction of sp³-hybridized carbons (Fsp3) is 0.800. The largest absolute Gasteiger partial charge is 0.314 e. The summed E-state index contributed by atoms with van der Waals surface area (Å²) in [6.45, 7) is 8.85. The van der Waals surface area contributed by atoms with Crippen molar-refractivity contribution in [3.63, 3.8) is 0 Å². The molecular weight excluding hydrogens is 254 g/mol. The van der Waals surface area contributed by atoms with Gasteiger partial charge in [-0.1, -0.05) is 20.3 Å². The van der Waals surface area contributed by atoms with Crippen LogP contribution in [0.25, 0.3) is 0 Å². The van der Waals surface area contributed by atoms with Crippen LogP contribution in [0.2, 0.25) is 0 Å². The van der Waals surface area contributed by atoms with Crippen LogP contribution in [0.5, 0.6) is 0 Å². The molecule has 2 rings (SSSR count). The highest BCUT2D eigenvalue weighted by atomic mass is 32.1. The normalized spacial score (nSPS) is 25.7. The van der Waals surface area contributed by atoms with Gasteiger partial charge < -0.3 is 5.32 Å². The van der Waals surface area contributed by atoms with Gasteiger partial charge in [0.1, 0.15) is 0 Å². The Morgan fingerprint density at radius 3 is 2.89 bits per heavy atom. The lowest BCUT2D eigenvalue weighted by atomic mass is 9.92. The molecule has 108 valence electrons. The summed E-state index contributed by atoms with van der Waals surface area (Å²) >= 11 is 1.78. The highest BCUT2D eigenvalue weighted by Gasteiger charge is 2.30. The van der Waals surface area contributed by atoms with Gasteiger partial charge >= 0.3 is 0 Å². The predicted molar refractivity (Wildman–Crippen MR) is 82.7 cm³/mol. The van der Waals surface area contributed by atoms with Crippen LogP contribution in [0.4, 0.5) is 0 Å². The van der Waals surface area contributed by atoms with Crippen molar-refractivity contribution in [2.24, 2.45) is 5.92 Å². The van der Waals surface area contributed by atoms with Crippen LogP contribution >= 0.6 is 11.3 Å². The second-order valence-electron chi connectivity index (χ2n) is 6.04. The van der Waals surface area contributed by atoms with Gasteiger partial charge in [-0.3, -0.25) is 4.90 Å². The Bertz CT molecular complexity index is 388. The molecule has 0 radical (unpaired) electrons. The zero-order chi connectivity index (χ0) is 13.8. The maximum absolute atomic E-state index is 4.75. The molecule has 1 aliphatic rings. The minimum atomic E-state index is 0.485. The molecule has 3 nitrogen and oxygen atoms in total. The van der Waals surface area contributed by atoms with Crippen molar-refractivity contribution in [2.75, 3.05) is 20.1 Å². The van der Waals surface area contributed by atoms with Gasteiger partial charge in [-0.15, -0.1) is 11.3 Å². The number of aromatic nitrogens is 1. The molecule has 1 aliphatic heterocycles. The lowest BCUT2D eigenvalue weighted by Gasteiger charge is -2.32. The van der Waals surface area contributed by atoms with E-state index in [9.17, 15) is 0 Å². The molecule has 1 saturated heterocycles. The van der Waals surface area contributed by atoms with Crippen molar-refractivity contribution in [2.45, 2.75) is 52.1 Å². The highest BCUT2D eigenvalue weighted by Crippen LogP contribution is 2.34. The minimum absolute atomic E-state index is 0.485. The van der Waals surface area contributed by atoms with E-state index in [1.807, 2.05) is 0 Å². The Morgan fingerprint density at radius 2 is 2.26 bits per heavy atom. The third-order valence-electron chi connectivity index (χ3n) is 3.99. The van der Waals surface area contributed by atoms with Crippen LogP contribution in [-0.4, -0.2) is 36.1 Å². The molecule has 1 aromatic rings. The second-order valence-corrected chi connectivity index (χ2v) is 7.10. The lowest BCUT2D eigenvalue weighted by molar-refractivity contribution is 0.183. The van der Waals surface area contributed by atoms with E-state index in [1.54, 1.807) is 11.3 Å². The summed E-state index contributed by atoms with van der Waals surface area (Å²) in [4.78, 5) is 7.26. The molecule has 4 heteroatoms. The van der Waals surface area contributed by atoms with Gasteiger partial charge in [-0.2, -0.15) is 0 Å². The zero-order valence-corrected chi connectivity index (χ0v) is 13.5. The smallest absolute Gasteiger partial charge is 0.0898 e. The van der Waals surface area contributed by atoms with Crippen LogP contribution in [0.1, 0.15) is 49.9 Å². The number of nitrogens with one attached hydrogen (secondary N) is 1. The monoisotopic (exact) mass is 281 g/mol. The van der Waals surface area contributed by atoms with Crippen LogP contribution in [0.3, 0.4) is 0 Å². The SMILES string of the molecule is Cc1nc(C2C(CNC(C)C)CCCCN2C)cs1. The number of rotatable bonds is 4. The minimum Gasteiger partial charge on any atom is -0.314 e. The van der Waals surface area contributed by atoms with Crippen molar-refractivity contribution >= 4 is 11.3 Å². The average molecular weight is 281 g/mol. The summed E-state index contributed by atoms with van der Waals surface area (Å²) in [5, 5.41) is 7.06. The zero-order valence-electron chi connectivity index (χ0n) is 12.6. The van der Waals surface area contributed by atoms with Crippen molar-refractivity contribution in [1.82, 2.24) is 15.2 Å².